The van der Waals surface area contributed by atoms with Crippen molar-refractivity contribution in [3.8, 4) is 17.2 Å². The predicted octanol–water partition coefficient (Wildman–Crippen LogP) is 3.55. The predicted molar refractivity (Wildman–Crippen MR) is 126 cm³/mol. The summed E-state index contributed by atoms with van der Waals surface area (Å²) in [5.74, 6) is 2.33. The minimum absolute atomic E-state index is 0.00219. The Morgan fingerprint density at radius 1 is 1.00 bits per heavy atom. The molecule has 0 aliphatic carbocycles. The molecule has 0 atom stereocenters. The zero-order valence-corrected chi connectivity index (χ0v) is 19.3. The van der Waals surface area contributed by atoms with E-state index in [2.05, 4.69) is 34.2 Å². The van der Waals surface area contributed by atoms with E-state index in [1.54, 1.807) is 12.1 Å². The monoisotopic (exact) mass is 466 g/mol. The Kier molecular flexibility index (Phi) is 6.50. The lowest BCUT2D eigenvalue weighted by Gasteiger charge is -2.28. The van der Waals surface area contributed by atoms with Crippen molar-refractivity contribution in [1.29, 1.82) is 0 Å². The van der Waals surface area contributed by atoms with Crippen LogP contribution in [-0.4, -0.2) is 65.8 Å². The molecule has 3 aromatic rings. The number of rotatable bonds is 6. The number of Topliss-reactive ketones (excluding diaryl/α,β-unsaturated/α-hetero) is 1. The Morgan fingerprint density at radius 3 is 2.64 bits per heavy atom. The highest BCUT2D eigenvalue weighted by atomic mass is 32.2. The summed E-state index contributed by atoms with van der Waals surface area (Å²) >= 11 is 1.39. The number of fused-ring (bicyclic) bond motifs is 1. The van der Waals surface area contributed by atoms with E-state index in [0.717, 1.165) is 36.7 Å². The van der Waals surface area contributed by atoms with E-state index in [1.165, 1.54) is 11.8 Å². The quantitative estimate of drug-likeness (QED) is 0.403. The first-order chi connectivity index (χ1) is 16.2. The van der Waals surface area contributed by atoms with E-state index >= 15 is 0 Å². The average Bonchev–Trinajstić information content (AvgIpc) is 3.13. The third-order valence-electron chi connectivity index (χ3n) is 5.57. The topological polar surface area (TPSA) is 78.7 Å². The number of aryl methyl sites for hydroxylation is 1. The minimum atomic E-state index is 0.00219. The van der Waals surface area contributed by atoms with Crippen LogP contribution in [0.2, 0.25) is 0 Å². The summed E-state index contributed by atoms with van der Waals surface area (Å²) in [6.07, 6.45) is 0.827. The summed E-state index contributed by atoms with van der Waals surface area (Å²) in [5, 5.41) is 9.61. The molecule has 1 saturated heterocycles. The van der Waals surface area contributed by atoms with Crippen molar-refractivity contribution in [1.82, 2.24) is 14.8 Å². The van der Waals surface area contributed by atoms with Crippen molar-refractivity contribution >= 4 is 23.5 Å². The number of ketones is 1. The maximum Gasteiger partial charge on any atom is 0.232 e. The van der Waals surface area contributed by atoms with Crippen LogP contribution in [-0.2, 0) is 4.74 Å². The molecule has 0 spiro atoms. The average molecular weight is 467 g/mol. The van der Waals surface area contributed by atoms with Crippen molar-refractivity contribution in [2.24, 2.45) is 0 Å². The van der Waals surface area contributed by atoms with Gasteiger partial charge in [-0.3, -0.25) is 9.36 Å². The summed E-state index contributed by atoms with van der Waals surface area (Å²) in [6, 6.07) is 13.6. The molecule has 3 heterocycles. The van der Waals surface area contributed by atoms with Crippen molar-refractivity contribution in [2.45, 2.75) is 18.5 Å². The molecule has 1 fully saturated rings. The smallest absolute Gasteiger partial charge is 0.232 e. The lowest BCUT2D eigenvalue weighted by molar-refractivity contribution is 0.102. The normalized spacial score (nSPS) is 15.8. The zero-order chi connectivity index (χ0) is 22.6. The van der Waals surface area contributed by atoms with Crippen LogP contribution in [0.15, 0.2) is 47.6 Å². The molecule has 1 aromatic heterocycles. The number of nitrogens with zero attached hydrogens (tertiary/aromatic N) is 4. The van der Waals surface area contributed by atoms with Gasteiger partial charge in [0.05, 0.1) is 37.9 Å². The van der Waals surface area contributed by atoms with E-state index < -0.39 is 0 Å². The van der Waals surface area contributed by atoms with Gasteiger partial charge in [-0.25, -0.2) is 0 Å². The lowest BCUT2D eigenvalue weighted by Crippen LogP contribution is -2.37. The highest BCUT2D eigenvalue weighted by Crippen LogP contribution is 2.32. The van der Waals surface area contributed by atoms with Gasteiger partial charge in [-0.2, -0.15) is 0 Å². The number of thioether (sulfide) groups is 1. The van der Waals surface area contributed by atoms with Crippen LogP contribution in [0.3, 0.4) is 0 Å². The second-order valence-corrected chi connectivity index (χ2v) is 8.92. The Hall–Kier alpha value is -3.04. The number of benzene rings is 2. The SMILES string of the molecule is Cc1cccc(-n2c(SCC(=O)c3ccc4c(c3)OCCCO4)nnc2N2CCOCC2)c1. The van der Waals surface area contributed by atoms with Crippen molar-refractivity contribution in [2.75, 3.05) is 50.2 Å². The maximum absolute atomic E-state index is 13.0. The number of aromatic nitrogens is 3. The molecule has 0 saturated carbocycles. The molecule has 2 aromatic carbocycles. The largest absolute Gasteiger partial charge is 0.490 e. The zero-order valence-electron chi connectivity index (χ0n) is 18.5. The molecule has 33 heavy (non-hydrogen) atoms. The van der Waals surface area contributed by atoms with Crippen LogP contribution in [0.25, 0.3) is 5.69 Å². The van der Waals surface area contributed by atoms with Gasteiger partial charge in [0.25, 0.3) is 0 Å². The molecule has 0 N–H and O–H groups in total. The van der Waals surface area contributed by atoms with Crippen LogP contribution in [0.5, 0.6) is 11.5 Å². The van der Waals surface area contributed by atoms with Crippen molar-refractivity contribution in [3.05, 3.63) is 53.6 Å². The fraction of sp³-hybridized carbons (Fsp3) is 0.375. The summed E-state index contributed by atoms with van der Waals surface area (Å²) < 4.78 is 18.9. The van der Waals surface area contributed by atoms with Gasteiger partial charge in [0.2, 0.25) is 5.95 Å². The van der Waals surface area contributed by atoms with Gasteiger partial charge in [0.1, 0.15) is 0 Å². The first-order valence-electron chi connectivity index (χ1n) is 11.1. The third-order valence-corrected chi connectivity index (χ3v) is 6.50. The molecule has 2 aliphatic heterocycles. The van der Waals surface area contributed by atoms with Gasteiger partial charge >= 0.3 is 0 Å². The standard InChI is InChI=1S/C24H26N4O4S/c1-17-4-2-5-19(14-17)28-23(27-8-12-30-13-9-27)25-26-24(28)33-16-20(29)18-6-7-21-22(15-18)32-11-3-10-31-21/h2,4-7,14-15H,3,8-13,16H2,1H3. The number of hydrogen-bond acceptors (Lipinski definition) is 8. The van der Waals surface area contributed by atoms with E-state index in [4.69, 9.17) is 14.2 Å². The highest BCUT2D eigenvalue weighted by Gasteiger charge is 2.23. The second kappa shape index (κ2) is 9.84. The number of carbonyl (C=O) groups is 1. The Balaban J connectivity index is 1.38. The van der Waals surface area contributed by atoms with E-state index in [9.17, 15) is 4.79 Å². The molecule has 8 nitrogen and oxygen atoms in total. The molecule has 0 amide bonds. The Bertz CT molecular complexity index is 1140. The van der Waals surface area contributed by atoms with Gasteiger partial charge < -0.3 is 19.1 Å². The summed E-state index contributed by atoms with van der Waals surface area (Å²) in [7, 11) is 0. The fourth-order valence-electron chi connectivity index (χ4n) is 3.87. The summed E-state index contributed by atoms with van der Waals surface area (Å²) in [4.78, 5) is 15.2. The van der Waals surface area contributed by atoms with Crippen LogP contribution in [0, 0.1) is 6.92 Å². The molecule has 0 bridgehead atoms. The molecule has 2 aliphatic rings. The van der Waals surface area contributed by atoms with E-state index in [-0.39, 0.29) is 11.5 Å². The molecular formula is C24H26N4O4S. The molecule has 0 radical (unpaired) electrons. The van der Waals surface area contributed by atoms with Crippen LogP contribution >= 0.6 is 11.8 Å². The number of morpholine rings is 1. The van der Waals surface area contributed by atoms with Crippen molar-refractivity contribution in [3.63, 3.8) is 0 Å². The molecule has 172 valence electrons. The van der Waals surface area contributed by atoms with Gasteiger partial charge in [0.15, 0.2) is 22.4 Å². The number of carbonyl (C=O) groups excluding carboxylic acids is 1. The van der Waals surface area contributed by atoms with E-state index in [1.807, 2.05) is 22.8 Å². The second-order valence-electron chi connectivity index (χ2n) is 7.98. The van der Waals surface area contributed by atoms with Crippen LogP contribution in [0.4, 0.5) is 5.95 Å². The number of ether oxygens (including phenoxy) is 3. The van der Waals surface area contributed by atoms with Crippen LogP contribution < -0.4 is 14.4 Å². The Morgan fingerprint density at radius 2 is 1.82 bits per heavy atom. The third kappa shape index (κ3) is 4.84. The maximum atomic E-state index is 13.0. The van der Waals surface area contributed by atoms with Gasteiger partial charge in [-0.05, 0) is 42.8 Å². The highest BCUT2D eigenvalue weighted by molar-refractivity contribution is 7.99. The first kappa shape index (κ1) is 21.8. The van der Waals surface area contributed by atoms with Crippen LogP contribution in [0.1, 0.15) is 22.3 Å². The van der Waals surface area contributed by atoms with E-state index in [0.29, 0.717) is 48.6 Å². The lowest BCUT2D eigenvalue weighted by atomic mass is 10.1. The first-order valence-corrected chi connectivity index (χ1v) is 12.1. The number of hydrogen-bond donors (Lipinski definition) is 0. The van der Waals surface area contributed by atoms with Gasteiger partial charge in [-0.1, -0.05) is 23.9 Å². The Labute approximate surface area is 196 Å². The molecular weight excluding hydrogens is 440 g/mol. The number of anilines is 1. The summed E-state index contributed by atoms with van der Waals surface area (Å²) in [6.45, 7) is 6.09. The summed E-state index contributed by atoms with van der Waals surface area (Å²) in [5.41, 5.74) is 2.72. The molecule has 0 unspecified atom stereocenters. The van der Waals surface area contributed by atoms with Gasteiger partial charge in [-0.15, -0.1) is 10.2 Å². The van der Waals surface area contributed by atoms with Gasteiger partial charge in [0, 0.05) is 25.1 Å². The minimum Gasteiger partial charge on any atom is -0.490 e. The van der Waals surface area contributed by atoms with Crippen molar-refractivity contribution < 1.29 is 19.0 Å². The molecule has 9 heteroatoms. The molecule has 5 rings (SSSR count). The fourth-order valence-corrected chi connectivity index (χ4v) is 4.71.